The van der Waals surface area contributed by atoms with Crippen molar-refractivity contribution in [2.24, 2.45) is 5.10 Å². The van der Waals surface area contributed by atoms with Gasteiger partial charge in [0.25, 0.3) is 21.8 Å². The number of aryl methyl sites for hydroxylation is 2. The molecule has 0 aromatic heterocycles. The molecule has 2 amide bonds. The number of anilines is 2. The van der Waals surface area contributed by atoms with Crippen LogP contribution in [0.1, 0.15) is 34.0 Å². The van der Waals surface area contributed by atoms with Gasteiger partial charge in [-0.25, -0.2) is 13.8 Å². The highest BCUT2D eigenvalue weighted by Crippen LogP contribution is 2.27. The van der Waals surface area contributed by atoms with Gasteiger partial charge in [-0.2, -0.15) is 5.10 Å². The summed E-state index contributed by atoms with van der Waals surface area (Å²) in [5.41, 5.74) is 6.89. The van der Waals surface area contributed by atoms with Crippen molar-refractivity contribution in [3.8, 4) is 0 Å². The zero-order valence-electron chi connectivity index (χ0n) is 22.5. The molecule has 0 radical (unpaired) electrons. The van der Waals surface area contributed by atoms with Gasteiger partial charge in [-0.1, -0.05) is 60.7 Å². The maximum absolute atomic E-state index is 13.6. The third-order valence-electron chi connectivity index (χ3n) is 6.20. The number of nitrogens with one attached hydrogen (secondary N) is 2. The molecule has 9 heteroatoms. The Hall–Kier alpha value is -4.76. The SMILES string of the molecule is C/C(=N/NC(=O)CN(c1cc(C)ccc1C)S(=O)(=O)c1ccccc1)c1ccc(NC(=O)c2ccccc2)cc1. The number of carbonyl (C=O) groups is 2. The summed E-state index contributed by atoms with van der Waals surface area (Å²) in [7, 11) is -4.02. The van der Waals surface area contributed by atoms with E-state index in [4.69, 9.17) is 0 Å². The molecule has 204 valence electrons. The van der Waals surface area contributed by atoms with E-state index in [0.717, 1.165) is 21.0 Å². The first-order valence-corrected chi connectivity index (χ1v) is 14.0. The molecule has 0 bridgehead atoms. The number of benzene rings is 4. The van der Waals surface area contributed by atoms with Crippen LogP contribution in [-0.2, 0) is 14.8 Å². The number of sulfonamides is 1. The fraction of sp³-hybridized carbons (Fsp3) is 0.129. The van der Waals surface area contributed by atoms with E-state index in [0.29, 0.717) is 22.6 Å². The zero-order chi connectivity index (χ0) is 28.7. The number of hydrogen-bond acceptors (Lipinski definition) is 5. The molecule has 0 spiro atoms. The number of amides is 2. The number of carbonyl (C=O) groups excluding carboxylic acids is 2. The van der Waals surface area contributed by atoms with Crippen LogP contribution < -0.4 is 15.0 Å². The van der Waals surface area contributed by atoms with Crippen molar-refractivity contribution >= 4 is 38.9 Å². The molecule has 4 rings (SSSR count). The summed E-state index contributed by atoms with van der Waals surface area (Å²) >= 11 is 0. The molecule has 4 aromatic carbocycles. The zero-order valence-corrected chi connectivity index (χ0v) is 23.3. The molecule has 0 unspecified atom stereocenters. The Morgan fingerprint density at radius 1 is 0.800 bits per heavy atom. The van der Waals surface area contributed by atoms with E-state index < -0.39 is 22.5 Å². The number of hydrazone groups is 1. The molecule has 0 aliphatic carbocycles. The molecular formula is C31H30N4O4S. The van der Waals surface area contributed by atoms with Crippen LogP contribution in [0.25, 0.3) is 0 Å². The minimum absolute atomic E-state index is 0.0860. The van der Waals surface area contributed by atoms with Gasteiger partial charge in [-0.15, -0.1) is 0 Å². The molecule has 0 heterocycles. The van der Waals surface area contributed by atoms with Crippen LogP contribution in [0, 0.1) is 13.8 Å². The molecule has 8 nitrogen and oxygen atoms in total. The second-order valence-corrected chi connectivity index (χ2v) is 11.1. The van der Waals surface area contributed by atoms with Gasteiger partial charge in [-0.3, -0.25) is 13.9 Å². The molecule has 4 aromatic rings. The normalized spacial score (nSPS) is 11.5. The lowest BCUT2D eigenvalue weighted by Crippen LogP contribution is -2.40. The maximum Gasteiger partial charge on any atom is 0.264 e. The Kier molecular flexibility index (Phi) is 8.76. The van der Waals surface area contributed by atoms with Crippen LogP contribution in [0.3, 0.4) is 0 Å². The molecular weight excluding hydrogens is 524 g/mol. The van der Waals surface area contributed by atoms with Crippen LogP contribution in [0.15, 0.2) is 113 Å². The second kappa shape index (κ2) is 12.4. The van der Waals surface area contributed by atoms with Gasteiger partial charge in [0, 0.05) is 11.3 Å². The van der Waals surface area contributed by atoms with Crippen molar-refractivity contribution in [2.75, 3.05) is 16.2 Å². The minimum atomic E-state index is -4.02. The summed E-state index contributed by atoms with van der Waals surface area (Å²) in [4.78, 5) is 25.4. The van der Waals surface area contributed by atoms with Crippen molar-refractivity contribution in [1.82, 2.24) is 5.43 Å². The predicted molar refractivity (Wildman–Crippen MR) is 158 cm³/mol. The summed E-state index contributed by atoms with van der Waals surface area (Å²) in [6.45, 7) is 4.93. The molecule has 2 N–H and O–H groups in total. The third kappa shape index (κ3) is 6.81. The third-order valence-corrected chi connectivity index (χ3v) is 7.97. The van der Waals surface area contributed by atoms with Gasteiger partial charge in [0.2, 0.25) is 0 Å². The quantitative estimate of drug-likeness (QED) is 0.216. The average Bonchev–Trinajstić information content (AvgIpc) is 2.97. The second-order valence-electron chi connectivity index (χ2n) is 9.24. The van der Waals surface area contributed by atoms with E-state index in [1.54, 1.807) is 86.6 Å². The van der Waals surface area contributed by atoms with Gasteiger partial charge in [0.15, 0.2) is 0 Å². The molecule has 0 saturated heterocycles. The van der Waals surface area contributed by atoms with Gasteiger partial charge in [0.1, 0.15) is 6.54 Å². The van der Waals surface area contributed by atoms with Gasteiger partial charge >= 0.3 is 0 Å². The van der Waals surface area contributed by atoms with E-state index >= 15 is 0 Å². The Morgan fingerprint density at radius 3 is 2.08 bits per heavy atom. The van der Waals surface area contributed by atoms with Crippen molar-refractivity contribution in [2.45, 2.75) is 25.7 Å². The van der Waals surface area contributed by atoms with Crippen molar-refractivity contribution < 1.29 is 18.0 Å². The predicted octanol–water partition coefficient (Wildman–Crippen LogP) is 5.29. The number of hydrogen-bond donors (Lipinski definition) is 2. The van der Waals surface area contributed by atoms with Crippen LogP contribution in [0.2, 0.25) is 0 Å². The number of rotatable bonds is 9. The Morgan fingerprint density at radius 2 is 1.43 bits per heavy atom. The first-order valence-electron chi connectivity index (χ1n) is 12.6. The van der Waals surface area contributed by atoms with Crippen molar-refractivity contribution in [1.29, 1.82) is 0 Å². The van der Waals surface area contributed by atoms with E-state index in [-0.39, 0.29) is 10.8 Å². The van der Waals surface area contributed by atoms with E-state index in [1.807, 2.05) is 25.1 Å². The van der Waals surface area contributed by atoms with E-state index in [1.165, 1.54) is 12.1 Å². The lowest BCUT2D eigenvalue weighted by atomic mass is 10.1. The van der Waals surface area contributed by atoms with Crippen LogP contribution in [0.4, 0.5) is 11.4 Å². The molecule has 0 fully saturated rings. The summed E-state index contributed by atoms with van der Waals surface area (Å²) in [6, 6.07) is 29.4. The summed E-state index contributed by atoms with van der Waals surface area (Å²) < 4.78 is 28.2. The van der Waals surface area contributed by atoms with Crippen LogP contribution >= 0.6 is 0 Å². The average molecular weight is 555 g/mol. The summed E-state index contributed by atoms with van der Waals surface area (Å²) in [5.74, 6) is -0.809. The highest BCUT2D eigenvalue weighted by Gasteiger charge is 2.28. The Bertz CT molecular complexity index is 1640. The maximum atomic E-state index is 13.6. The fourth-order valence-corrected chi connectivity index (χ4v) is 5.47. The van der Waals surface area contributed by atoms with Gasteiger partial charge in [0.05, 0.1) is 16.3 Å². The molecule has 0 aliphatic rings. The van der Waals surface area contributed by atoms with Gasteiger partial charge < -0.3 is 5.32 Å². The monoisotopic (exact) mass is 554 g/mol. The van der Waals surface area contributed by atoms with E-state index in [9.17, 15) is 18.0 Å². The lowest BCUT2D eigenvalue weighted by Gasteiger charge is -2.25. The fourth-order valence-electron chi connectivity index (χ4n) is 3.97. The van der Waals surface area contributed by atoms with Crippen LogP contribution in [0.5, 0.6) is 0 Å². The Balaban J connectivity index is 1.48. The largest absolute Gasteiger partial charge is 0.322 e. The minimum Gasteiger partial charge on any atom is -0.322 e. The molecule has 0 aliphatic heterocycles. The summed E-state index contributed by atoms with van der Waals surface area (Å²) in [5, 5.41) is 7.02. The van der Waals surface area contributed by atoms with Crippen LogP contribution in [-0.4, -0.2) is 32.5 Å². The number of nitrogens with zero attached hydrogens (tertiary/aromatic N) is 2. The lowest BCUT2D eigenvalue weighted by molar-refractivity contribution is -0.119. The summed E-state index contributed by atoms with van der Waals surface area (Å²) in [6.07, 6.45) is 0. The van der Waals surface area contributed by atoms with E-state index in [2.05, 4.69) is 15.8 Å². The van der Waals surface area contributed by atoms with Gasteiger partial charge in [-0.05, 0) is 79.9 Å². The molecule has 0 saturated carbocycles. The topological polar surface area (TPSA) is 108 Å². The highest BCUT2D eigenvalue weighted by atomic mass is 32.2. The van der Waals surface area contributed by atoms with Crippen molar-refractivity contribution in [3.63, 3.8) is 0 Å². The molecule has 0 atom stereocenters. The Labute approximate surface area is 234 Å². The molecule has 40 heavy (non-hydrogen) atoms. The highest BCUT2D eigenvalue weighted by molar-refractivity contribution is 7.92. The first-order chi connectivity index (χ1) is 19.1. The first kappa shape index (κ1) is 28.3. The van der Waals surface area contributed by atoms with Crippen molar-refractivity contribution in [3.05, 3.63) is 125 Å². The standard InChI is InChI=1S/C31H30N4O4S/c1-22-14-15-23(2)29(20-22)35(40(38,39)28-12-8-5-9-13-28)21-30(36)34-33-24(3)25-16-18-27(19-17-25)32-31(37)26-10-6-4-7-11-26/h4-20H,21H2,1-3H3,(H,32,37)(H,34,36)/b33-24-. The smallest absolute Gasteiger partial charge is 0.264 e.